The van der Waals surface area contributed by atoms with Gasteiger partial charge in [-0.3, -0.25) is 4.79 Å². The summed E-state index contributed by atoms with van der Waals surface area (Å²) in [6.07, 6.45) is -4.06. The third-order valence-corrected chi connectivity index (χ3v) is 6.67. The van der Waals surface area contributed by atoms with Crippen molar-refractivity contribution >= 4 is 36.3 Å². The Morgan fingerprint density at radius 2 is 0.915 bits per heavy atom. The van der Waals surface area contributed by atoms with Gasteiger partial charge in [0.25, 0.3) is 0 Å². The first kappa shape index (κ1) is 46.6. The van der Waals surface area contributed by atoms with Gasteiger partial charge >= 0.3 is 30.6 Å². The number of ether oxygens (including phenoxy) is 6. The van der Waals surface area contributed by atoms with Crippen LogP contribution in [0.15, 0.2) is 97.1 Å². The average molecular weight is 833 g/mol. The highest BCUT2D eigenvalue weighted by Gasteiger charge is 2.32. The van der Waals surface area contributed by atoms with E-state index in [4.69, 9.17) is 18.9 Å². The molecule has 0 aromatic heterocycles. The Labute approximate surface area is 334 Å². The molecule has 0 aliphatic carbocycles. The van der Waals surface area contributed by atoms with Crippen molar-refractivity contribution in [2.75, 3.05) is 0 Å². The van der Waals surface area contributed by atoms with Gasteiger partial charge in [-0.25, -0.2) is 14.4 Å². The molecule has 1 N–H and O–H groups in total. The number of carbonyl (C=O) groups is 4. The summed E-state index contributed by atoms with van der Waals surface area (Å²) in [5, 5.41) is 9.57. The SMILES string of the molecule is CC(C)(C)OC(=O)/C=C/c1cccc(Oc2ccc(OC(F)(F)F)cc2)c1C(=O)O.CC(C)(C)OC(=O)/C=C/c1cccc(Oc2ccc(OC(F)(F)F)cc2)c1C=O. The lowest BCUT2D eigenvalue weighted by Gasteiger charge is -2.18. The molecule has 314 valence electrons. The van der Waals surface area contributed by atoms with Gasteiger partial charge < -0.3 is 33.5 Å². The molecular formula is C42H38F6O11. The van der Waals surface area contributed by atoms with Crippen LogP contribution in [-0.2, 0) is 19.1 Å². The molecule has 0 saturated carbocycles. The van der Waals surface area contributed by atoms with Crippen molar-refractivity contribution in [1.82, 2.24) is 0 Å². The van der Waals surface area contributed by atoms with Gasteiger partial charge in [-0.05, 0) is 125 Å². The van der Waals surface area contributed by atoms with Gasteiger partial charge in [-0.2, -0.15) is 0 Å². The summed E-state index contributed by atoms with van der Waals surface area (Å²) in [4.78, 5) is 46.9. The molecule has 4 rings (SSSR count). The van der Waals surface area contributed by atoms with Crippen LogP contribution in [0.2, 0.25) is 0 Å². The van der Waals surface area contributed by atoms with Crippen LogP contribution < -0.4 is 18.9 Å². The molecule has 17 heteroatoms. The number of esters is 2. The number of carboxylic acids is 1. The third kappa shape index (κ3) is 17.1. The molecule has 0 unspecified atom stereocenters. The maximum absolute atomic E-state index is 12.2. The molecular weight excluding hydrogens is 794 g/mol. The van der Waals surface area contributed by atoms with Crippen molar-refractivity contribution in [1.29, 1.82) is 0 Å². The Hall–Kier alpha value is -6.78. The van der Waals surface area contributed by atoms with E-state index in [2.05, 4.69) is 9.47 Å². The van der Waals surface area contributed by atoms with Gasteiger partial charge in [0.05, 0.1) is 5.56 Å². The van der Waals surface area contributed by atoms with Crippen LogP contribution in [-0.4, -0.2) is 53.2 Å². The molecule has 0 heterocycles. The molecule has 4 aromatic rings. The summed E-state index contributed by atoms with van der Waals surface area (Å²) in [5.74, 6) is -2.94. The summed E-state index contributed by atoms with van der Waals surface area (Å²) in [5.41, 5.74) is -0.814. The first-order valence-electron chi connectivity index (χ1n) is 17.1. The molecule has 0 aliphatic heterocycles. The van der Waals surface area contributed by atoms with Crippen LogP contribution in [0.1, 0.15) is 73.4 Å². The molecule has 0 aliphatic rings. The van der Waals surface area contributed by atoms with Crippen molar-refractivity contribution in [2.24, 2.45) is 0 Å². The number of carboxylic acid groups (broad SMARTS) is 1. The van der Waals surface area contributed by atoms with Crippen LogP contribution in [0.4, 0.5) is 26.3 Å². The van der Waals surface area contributed by atoms with E-state index >= 15 is 0 Å². The Bertz CT molecular complexity index is 2140. The minimum Gasteiger partial charge on any atom is -0.478 e. The third-order valence-electron chi connectivity index (χ3n) is 6.67. The molecule has 59 heavy (non-hydrogen) atoms. The second kappa shape index (κ2) is 19.6. The van der Waals surface area contributed by atoms with E-state index in [-0.39, 0.29) is 39.7 Å². The lowest BCUT2D eigenvalue weighted by Crippen LogP contribution is -2.22. The van der Waals surface area contributed by atoms with E-state index in [1.165, 1.54) is 66.8 Å². The number of alkyl halides is 6. The molecule has 0 fully saturated rings. The standard InChI is InChI=1S/C21H19F3O6.C21H19F3O5/c1-20(2,3)30-17(25)12-7-13-5-4-6-16(18(13)19(26)27)28-14-8-10-15(11-9-14)29-21(22,23)24;1-20(2,3)29-19(26)12-7-14-5-4-6-18(17(14)13-25)27-15-8-10-16(11-9-15)28-21(22,23)24/h4-12H,1-3H3,(H,26,27);4-13H,1-3H3/b2*12-7+. The van der Waals surface area contributed by atoms with Crippen LogP contribution in [0.3, 0.4) is 0 Å². The molecule has 0 saturated heterocycles. The number of hydrogen-bond donors (Lipinski definition) is 1. The van der Waals surface area contributed by atoms with Crippen molar-refractivity contribution in [3.05, 3.63) is 119 Å². The number of aromatic carboxylic acids is 1. The summed E-state index contributed by atoms with van der Waals surface area (Å²) in [6, 6.07) is 18.3. The van der Waals surface area contributed by atoms with Crippen molar-refractivity contribution in [3.63, 3.8) is 0 Å². The molecule has 0 atom stereocenters. The molecule has 0 radical (unpaired) electrons. The second-order valence-corrected chi connectivity index (χ2v) is 13.9. The van der Waals surface area contributed by atoms with E-state index in [1.54, 1.807) is 53.7 Å². The number of rotatable bonds is 12. The molecule has 0 bridgehead atoms. The highest BCUT2D eigenvalue weighted by atomic mass is 19.4. The molecule has 11 nitrogen and oxygen atoms in total. The zero-order valence-electron chi connectivity index (χ0n) is 32.3. The maximum Gasteiger partial charge on any atom is 0.573 e. The van der Waals surface area contributed by atoms with Crippen LogP contribution in [0, 0.1) is 0 Å². The Morgan fingerprint density at radius 3 is 1.31 bits per heavy atom. The van der Waals surface area contributed by atoms with Crippen LogP contribution in [0.25, 0.3) is 12.2 Å². The zero-order chi connectivity index (χ0) is 44.2. The quantitative estimate of drug-likeness (QED) is 0.0630. The van der Waals surface area contributed by atoms with Crippen molar-refractivity contribution in [3.8, 4) is 34.5 Å². The fraction of sp³-hybridized carbons (Fsp3) is 0.238. The normalized spacial score (nSPS) is 11.9. The van der Waals surface area contributed by atoms with E-state index in [9.17, 15) is 50.6 Å². The first-order valence-corrected chi connectivity index (χ1v) is 17.1. The monoisotopic (exact) mass is 832 g/mol. The van der Waals surface area contributed by atoms with Gasteiger partial charge in [0.1, 0.15) is 51.3 Å². The molecule has 4 aromatic carbocycles. The topological polar surface area (TPSA) is 144 Å². The number of benzene rings is 4. The highest BCUT2D eigenvalue weighted by Crippen LogP contribution is 2.32. The second-order valence-electron chi connectivity index (χ2n) is 13.9. The van der Waals surface area contributed by atoms with Gasteiger partial charge in [-0.1, -0.05) is 24.3 Å². The largest absolute Gasteiger partial charge is 0.573 e. The maximum atomic E-state index is 12.2. The summed E-state index contributed by atoms with van der Waals surface area (Å²) >= 11 is 0. The minimum atomic E-state index is -4.83. The number of aldehydes is 1. The van der Waals surface area contributed by atoms with Crippen LogP contribution in [0.5, 0.6) is 34.5 Å². The lowest BCUT2D eigenvalue weighted by molar-refractivity contribution is -0.275. The number of halogens is 6. The van der Waals surface area contributed by atoms with Crippen molar-refractivity contribution < 1.29 is 79.0 Å². The van der Waals surface area contributed by atoms with Gasteiger partial charge in [-0.15, -0.1) is 26.3 Å². The fourth-order valence-corrected chi connectivity index (χ4v) is 4.58. The van der Waals surface area contributed by atoms with E-state index in [0.717, 1.165) is 30.3 Å². The predicted molar refractivity (Wildman–Crippen MR) is 201 cm³/mol. The fourth-order valence-electron chi connectivity index (χ4n) is 4.58. The Balaban J connectivity index is 0.000000316. The van der Waals surface area contributed by atoms with E-state index in [0.29, 0.717) is 11.8 Å². The summed E-state index contributed by atoms with van der Waals surface area (Å²) in [7, 11) is 0. The Morgan fingerprint density at radius 1 is 0.542 bits per heavy atom. The predicted octanol–water partition coefficient (Wildman–Crippen LogP) is 11.0. The Kier molecular flexibility index (Phi) is 15.5. The van der Waals surface area contributed by atoms with Gasteiger partial charge in [0, 0.05) is 12.2 Å². The smallest absolute Gasteiger partial charge is 0.478 e. The first-order chi connectivity index (χ1) is 27.3. The zero-order valence-corrected chi connectivity index (χ0v) is 32.3. The number of hydrogen-bond acceptors (Lipinski definition) is 10. The van der Waals surface area contributed by atoms with E-state index < -0.39 is 53.3 Å². The molecule has 0 spiro atoms. The average Bonchev–Trinajstić information content (AvgIpc) is 3.09. The summed E-state index contributed by atoms with van der Waals surface area (Å²) in [6.45, 7) is 10.3. The van der Waals surface area contributed by atoms with Gasteiger partial charge in [0.2, 0.25) is 0 Å². The highest BCUT2D eigenvalue weighted by molar-refractivity contribution is 5.97. The van der Waals surface area contributed by atoms with Gasteiger partial charge in [0.15, 0.2) is 6.29 Å². The lowest BCUT2D eigenvalue weighted by atomic mass is 10.1. The number of carbonyl (C=O) groups excluding carboxylic acids is 3. The summed E-state index contributed by atoms with van der Waals surface area (Å²) < 4.78 is 102. The van der Waals surface area contributed by atoms with Crippen LogP contribution >= 0.6 is 0 Å². The van der Waals surface area contributed by atoms with Crippen molar-refractivity contribution in [2.45, 2.75) is 65.5 Å². The molecule has 0 amide bonds. The minimum absolute atomic E-state index is 0.0571. The van der Waals surface area contributed by atoms with E-state index in [1.807, 2.05) is 0 Å².